The maximum atomic E-state index is 6.16. The number of nitrogens with two attached hydrogens (primary N) is 1. The molecule has 0 fully saturated rings. The molecule has 0 amide bonds. The molecule has 0 saturated carbocycles. The lowest BCUT2D eigenvalue weighted by Crippen LogP contribution is -2.33. The average Bonchev–Trinajstić information content (AvgIpc) is 2.36. The number of nitrogen functional groups attached to an aromatic ring is 1. The Hall–Kier alpha value is -1.29. The average molecular weight is 322 g/mol. The highest BCUT2D eigenvalue weighted by molar-refractivity contribution is 9.10. The quantitative estimate of drug-likeness (QED) is 0.926. The van der Waals surface area contributed by atoms with E-state index in [4.69, 9.17) is 5.73 Å². The van der Waals surface area contributed by atoms with Gasteiger partial charge in [0.05, 0.1) is 23.1 Å². The van der Waals surface area contributed by atoms with E-state index in [0.29, 0.717) is 12.0 Å². The van der Waals surface area contributed by atoms with Gasteiger partial charge < -0.3 is 10.6 Å². The van der Waals surface area contributed by atoms with Crippen LogP contribution in [0.25, 0.3) is 10.9 Å². The van der Waals surface area contributed by atoms with Gasteiger partial charge in [0.1, 0.15) is 0 Å². The Labute approximate surface area is 122 Å². The number of benzene rings is 1. The minimum Gasteiger partial charge on any atom is -0.396 e. The highest BCUT2D eigenvalue weighted by Crippen LogP contribution is 2.34. The van der Waals surface area contributed by atoms with Gasteiger partial charge in [0.25, 0.3) is 0 Å². The number of hydrogen-bond acceptors (Lipinski definition) is 3. The number of nitrogens with zero attached hydrogens (tertiary/aromatic N) is 2. The van der Waals surface area contributed by atoms with Crippen molar-refractivity contribution in [2.75, 3.05) is 17.7 Å². The van der Waals surface area contributed by atoms with Crippen LogP contribution in [-0.4, -0.2) is 18.1 Å². The van der Waals surface area contributed by atoms with Crippen LogP contribution >= 0.6 is 15.9 Å². The van der Waals surface area contributed by atoms with E-state index >= 15 is 0 Å². The van der Waals surface area contributed by atoms with E-state index in [2.05, 4.69) is 59.7 Å². The number of aromatic nitrogens is 1. The summed E-state index contributed by atoms with van der Waals surface area (Å²) in [6.45, 7) is 6.65. The summed E-state index contributed by atoms with van der Waals surface area (Å²) in [6, 6.07) is 6.50. The molecule has 1 aromatic carbocycles. The number of halogens is 1. The molecule has 0 radical (unpaired) electrons. The van der Waals surface area contributed by atoms with E-state index in [0.717, 1.165) is 26.8 Å². The van der Waals surface area contributed by atoms with Crippen molar-refractivity contribution < 1.29 is 0 Å². The van der Waals surface area contributed by atoms with Gasteiger partial charge in [-0.1, -0.05) is 29.8 Å². The Morgan fingerprint density at radius 3 is 2.58 bits per heavy atom. The van der Waals surface area contributed by atoms with E-state index < -0.39 is 0 Å². The zero-order valence-corrected chi connectivity index (χ0v) is 13.4. The lowest BCUT2D eigenvalue weighted by Gasteiger charge is -2.31. The predicted molar refractivity (Wildman–Crippen MR) is 86.6 cm³/mol. The van der Waals surface area contributed by atoms with Gasteiger partial charge in [-0.3, -0.25) is 4.98 Å². The van der Waals surface area contributed by atoms with Gasteiger partial charge in [0.15, 0.2) is 0 Å². The van der Waals surface area contributed by atoms with Crippen LogP contribution in [0.3, 0.4) is 0 Å². The Kier molecular flexibility index (Phi) is 3.99. The van der Waals surface area contributed by atoms with Crippen LogP contribution in [0.4, 0.5) is 11.4 Å². The lowest BCUT2D eigenvalue weighted by molar-refractivity contribution is 0.506. The van der Waals surface area contributed by atoms with Crippen molar-refractivity contribution in [2.24, 2.45) is 5.92 Å². The molecule has 102 valence electrons. The molecule has 0 bridgehead atoms. The summed E-state index contributed by atoms with van der Waals surface area (Å²) in [4.78, 5) is 6.64. The topological polar surface area (TPSA) is 42.1 Å². The molecule has 2 N–H and O–H groups in total. The van der Waals surface area contributed by atoms with Gasteiger partial charge >= 0.3 is 0 Å². The third-order valence-corrected chi connectivity index (χ3v) is 4.25. The highest BCUT2D eigenvalue weighted by atomic mass is 79.9. The maximum Gasteiger partial charge on any atom is 0.0745 e. The molecule has 0 aliphatic rings. The third-order valence-electron chi connectivity index (χ3n) is 3.76. The third kappa shape index (κ3) is 2.68. The molecule has 2 aromatic rings. The number of rotatable bonds is 3. The molecule has 0 spiro atoms. The molecule has 4 heteroatoms. The monoisotopic (exact) mass is 321 g/mol. The Morgan fingerprint density at radius 2 is 1.95 bits per heavy atom. The Morgan fingerprint density at radius 1 is 1.26 bits per heavy atom. The highest BCUT2D eigenvalue weighted by Gasteiger charge is 2.18. The fourth-order valence-corrected chi connectivity index (χ4v) is 2.57. The van der Waals surface area contributed by atoms with E-state index in [9.17, 15) is 0 Å². The molecule has 1 heterocycles. The normalized spacial score (nSPS) is 12.9. The van der Waals surface area contributed by atoms with Gasteiger partial charge in [-0.15, -0.1) is 0 Å². The first kappa shape index (κ1) is 14.1. The summed E-state index contributed by atoms with van der Waals surface area (Å²) < 4.78 is 1.04. The zero-order valence-electron chi connectivity index (χ0n) is 11.8. The summed E-state index contributed by atoms with van der Waals surface area (Å²) in [5.74, 6) is 0.555. The van der Waals surface area contributed by atoms with Gasteiger partial charge in [-0.25, -0.2) is 0 Å². The second-order valence-electron chi connectivity index (χ2n) is 5.32. The number of fused-ring (bicyclic) bond motifs is 1. The summed E-state index contributed by atoms with van der Waals surface area (Å²) in [6.07, 6.45) is 1.75. The Balaban J connectivity index is 2.63. The van der Waals surface area contributed by atoms with Crippen LogP contribution in [0.5, 0.6) is 0 Å². The van der Waals surface area contributed by atoms with Crippen LogP contribution in [0.1, 0.15) is 20.8 Å². The van der Waals surface area contributed by atoms with E-state index in [1.165, 1.54) is 0 Å². The molecule has 2 rings (SSSR count). The molecule has 19 heavy (non-hydrogen) atoms. The summed E-state index contributed by atoms with van der Waals surface area (Å²) in [5, 5.41) is 1.09. The van der Waals surface area contributed by atoms with E-state index in [-0.39, 0.29) is 0 Å². The molecular weight excluding hydrogens is 302 g/mol. The molecule has 1 aromatic heterocycles. The van der Waals surface area contributed by atoms with Crippen molar-refractivity contribution in [3.05, 3.63) is 28.9 Å². The molecule has 0 saturated heterocycles. The zero-order chi connectivity index (χ0) is 14.2. The van der Waals surface area contributed by atoms with Crippen molar-refractivity contribution in [3.8, 4) is 0 Å². The second-order valence-corrected chi connectivity index (χ2v) is 6.23. The van der Waals surface area contributed by atoms with Crippen molar-refractivity contribution >= 4 is 38.2 Å². The van der Waals surface area contributed by atoms with Crippen molar-refractivity contribution in [1.82, 2.24) is 4.98 Å². The smallest absolute Gasteiger partial charge is 0.0745 e. The summed E-state index contributed by atoms with van der Waals surface area (Å²) >= 11 is 3.52. The van der Waals surface area contributed by atoms with Crippen LogP contribution < -0.4 is 10.6 Å². The standard InChI is InChI=1S/C15H20BrN3/c1-9(2)10(3)19(4)15-12-7-11(16)5-6-14(12)18-8-13(15)17/h5-10H,17H2,1-4H3. The lowest BCUT2D eigenvalue weighted by atomic mass is 10.0. The number of hydrogen-bond donors (Lipinski definition) is 1. The molecular formula is C15H20BrN3. The van der Waals surface area contributed by atoms with Crippen molar-refractivity contribution in [3.63, 3.8) is 0 Å². The Bertz CT molecular complexity index is 590. The molecule has 0 aliphatic heterocycles. The fourth-order valence-electron chi connectivity index (χ4n) is 2.21. The number of pyridine rings is 1. The summed E-state index contributed by atoms with van der Waals surface area (Å²) in [7, 11) is 2.09. The van der Waals surface area contributed by atoms with Gasteiger partial charge in [0, 0.05) is 22.9 Å². The van der Waals surface area contributed by atoms with Crippen LogP contribution in [0, 0.1) is 5.92 Å². The first-order chi connectivity index (χ1) is 8.91. The first-order valence-corrected chi connectivity index (χ1v) is 7.27. The maximum absolute atomic E-state index is 6.16. The SMILES string of the molecule is CC(C)C(C)N(C)c1c(N)cnc2ccc(Br)cc12. The minimum atomic E-state index is 0.409. The molecule has 1 atom stereocenters. The van der Waals surface area contributed by atoms with Crippen molar-refractivity contribution in [2.45, 2.75) is 26.8 Å². The van der Waals surface area contributed by atoms with E-state index in [1.54, 1.807) is 6.20 Å². The first-order valence-electron chi connectivity index (χ1n) is 6.48. The predicted octanol–water partition coefficient (Wildman–Crippen LogP) is 4.06. The largest absolute Gasteiger partial charge is 0.396 e. The van der Waals surface area contributed by atoms with Crippen LogP contribution in [-0.2, 0) is 0 Å². The molecule has 1 unspecified atom stereocenters. The second kappa shape index (κ2) is 5.37. The van der Waals surface area contributed by atoms with Gasteiger partial charge in [0.2, 0.25) is 0 Å². The van der Waals surface area contributed by atoms with Gasteiger partial charge in [-0.2, -0.15) is 0 Å². The summed E-state index contributed by atoms with van der Waals surface area (Å²) in [5.41, 5.74) is 8.91. The fraction of sp³-hybridized carbons (Fsp3) is 0.400. The number of anilines is 2. The van der Waals surface area contributed by atoms with E-state index in [1.807, 2.05) is 12.1 Å². The minimum absolute atomic E-state index is 0.409. The van der Waals surface area contributed by atoms with Gasteiger partial charge in [-0.05, 0) is 31.0 Å². The van der Waals surface area contributed by atoms with Crippen LogP contribution in [0.2, 0.25) is 0 Å². The molecule has 0 aliphatic carbocycles. The molecule has 3 nitrogen and oxygen atoms in total. The van der Waals surface area contributed by atoms with Crippen LogP contribution in [0.15, 0.2) is 28.9 Å². The van der Waals surface area contributed by atoms with Crippen molar-refractivity contribution in [1.29, 1.82) is 0 Å².